The van der Waals surface area contributed by atoms with Crippen LogP contribution in [-0.4, -0.2) is 5.11 Å². The molecule has 146 valence electrons. The molecule has 0 unspecified atom stereocenters. The van der Waals surface area contributed by atoms with E-state index in [4.69, 9.17) is 0 Å². The van der Waals surface area contributed by atoms with E-state index in [0.29, 0.717) is 5.75 Å². The summed E-state index contributed by atoms with van der Waals surface area (Å²) in [5.74, 6) is 0.343. The topological polar surface area (TPSA) is 20.2 Å². The third kappa shape index (κ3) is 4.48. The first kappa shape index (κ1) is 21.8. The molecule has 4 heteroatoms. The average molecular weight is 528 g/mol. The second-order valence-corrected chi connectivity index (χ2v) is 11.1. The average Bonchev–Trinajstić information content (AvgIpc) is 2.76. The molecule has 0 aliphatic heterocycles. The van der Waals surface area contributed by atoms with Crippen LogP contribution in [0.4, 0.5) is 0 Å². The van der Waals surface area contributed by atoms with Crippen LogP contribution in [0.15, 0.2) is 114 Å². The SMILES string of the molecule is Oc1ccc(Br)cc1C[P+](c1ccccc1)(c1ccccc1)c1ccccc1.[Br-]. The van der Waals surface area contributed by atoms with Crippen molar-refractivity contribution in [2.75, 3.05) is 0 Å². The van der Waals surface area contributed by atoms with Crippen molar-refractivity contribution in [3.63, 3.8) is 0 Å². The third-order valence-electron chi connectivity index (χ3n) is 5.04. The lowest BCUT2D eigenvalue weighted by Gasteiger charge is -2.28. The van der Waals surface area contributed by atoms with Gasteiger partial charge in [-0.15, -0.1) is 0 Å². The van der Waals surface area contributed by atoms with Gasteiger partial charge in [0.1, 0.15) is 35.1 Å². The Labute approximate surface area is 191 Å². The van der Waals surface area contributed by atoms with E-state index < -0.39 is 7.26 Å². The molecule has 0 aromatic heterocycles. The van der Waals surface area contributed by atoms with E-state index in [2.05, 4.69) is 107 Å². The van der Waals surface area contributed by atoms with E-state index in [0.717, 1.165) is 16.2 Å². The second-order valence-electron chi connectivity index (χ2n) is 6.75. The quantitative estimate of drug-likeness (QED) is 0.396. The highest BCUT2D eigenvalue weighted by Gasteiger charge is 2.45. The summed E-state index contributed by atoms with van der Waals surface area (Å²) < 4.78 is 0.979. The molecule has 0 aliphatic carbocycles. The van der Waals surface area contributed by atoms with Crippen LogP contribution in [0.25, 0.3) is 0 Å². The van der Waals surface area contributed by atoms with Gasteiger partial charge in [0.15, 0.2) is 0 Å². The Bertz CT molecular complexity index is 957. The summed E-state index contributed by atoms with van der Waals surface area (Å²) in [5.41, 5.74) is 0.958. The van der Waals surface area contributed by atoms with Crippen molar-refractivity contribution >= 4 is 39.1 Å². The van der Waals surface area contributed by atoms with Crippen LogP contribution >= 0.6 is 23.2 Å². The minimum absolute atomic E-state index is 0. The first-order valence-electron chi connectivity index (χ1n) is 9.22. The van der Waals surface area contributed by atoms with Gasteiger partial charge in [-0.25, -0.2) is 0 Å². The minimum atomic E-state index is -2.00. The Kier molecular flexibility index (Phi) is 7.29. The van der Waals surface area contributed by atoms with Crippen molar-refractivity contribution in [2.24, 2.45) is 0 Å². The van der Waals surface area contributed by atoms with Crippen LogP contribution < -0.4 is 32.9 Å². The molecule has 4 aromatic rings. The van der Waals surface area contributed by atoms with Crippen molar-refractivity contribution in [3.8, 4) is 5.75 Å². The predicted molar refractivity (Wildman–Crippen MR) is 125 cm³/mol. The van der Waals surface area contributed by atoms with Gasteiger partial charge in [0.2, 0.25) is 0 Å². The number of phenols is 1. The fourth-order valence-corrected chi connectivity index (χ4v) is 8.36. The zero-order valence-electron chi connectivity index (χ0n) is 15.7. The molecular weight excluding hydrogens is 507 g/mol. The number of rotatable bonds is 5. The summed E-state index contributed by atoms with van der Waals surface area (Å²) in [6, 6.07) is 37.9. The predicted octanol–water partition coefficient (Wildman–Crippen LogP) is 2.65. The Balaban J connectivity index is 0.00000240. The Morgan fingerprint density at radius 2 is 1.03 bits per heavy atom. The van der Waals surface area contributed by atoms with E-state index in [1.807, 2.05) is 12.1 Å². The van der Waals surface area contributed by atoms with Crippen molar-refractivity contribution in [3.05, 3.63) is 119 Å². The highest BCUT2D eigenvalue weighted by molar-refractivity contribution is 9.10. The number of benzene rings is 4. The van der Waals surface area contributed by atoms with Gasteiger partial charge in [0.05, 0.1) is 0 Å². The highest BCUT2D eigenvalue weighted by Crippen LogP contribution is 2.59. The van der Waals surface area contributed by atoms with Crippen LogP contribution in [0.1, 0.15) is 5.56 Å². The van der Waals surface area contributed by atoms with Gasteiger partial charge in [-0.1, -0.05) is 70.5 Å². The molecule has 0 amide bonds. The normalized spacial score (nSPS) is 10.9. The molecule has 0 radical (unpaired) electrons. The maximum atomic E-state index is 10.6. The Morgan fingerprint density at radius 3 is 1.45 bits per heavy atom. The van der Waals surface area contributed by atoms with Crippen molar-refractivity contribution < 1.29 is 22.1 Å². The zero-order valence-corrected chi connectivity index (χ0v) is 19.8. The third-order valence-corrected chi connectivity index (χ3v) is 9.89. The lowest BCUT2D eigenvalue weighted by Crippen LogP contribution is -3.00. The highest BCUT2D eigenvalue weighted by atomic mass is 79.9. The van der Waals surface area contributed by atoms with Gasteiger partial charge in [-0.3, -0.25) is 0 Å². The van der Waals surface area contributed by atoms with E-state index in [9.17, 15) is 5.11 Å². The lowest BCUT2D eigenvalue weighted by molar-refractivity contribution is -0.00000628. The van der Waals surface area contributed by atoms with E-state index in [1.54, 1.807) is 6.07 Å². The summed E-state index contributed by atoms with van der Waals surface area (Å²) in [6.45, 7) is 0. The van der Waals surface area contributed by atoms with Gasteiger partial charge in [-0.05, 0) is 54.6 Å². The number of halogens is 2. The van der Waals surface area contributed by atoms with Crippen LogP contribution in [0.3, 0.4) is 0 Å². The lowest BCUT2D eigenvalue weighted by atomic mass is 10.2. The molecule has 1 N–H and O–H groups in total. The molecule has 0 aliphatic rings. The van der Waals surface area contributed by atoms with Crippen molar-refractivity contribution in [1.29, 1.82) is 0 Å². The molecule has 0 fully saturated rings. The molecule has 0 spiro atoms. The van der Waals surface area contributed by atoms with E-state index in [-0.39, 0.29) is 17.0 Å². The molecule has 1 nitrogen and oxygen atoms in total. The molecule has 4 rings (SSSR count). The standard InChI is InChI=1S/C25H20BrOP.BrH/c26-21-16-17-25(27)20(18-21)19-28(22-10-4-1-5-11-22,23-12-6-2-7-13-23)24-14-8-3-9-15-24;/h1-18H,19H2;1H. The second kappa shape index (κ2) is 9.71. The number of aromatic hydroxyl groups is 1. The summed E-state index contributed by atoms with van der Waals surface area (Å²) in [7, 11) is -2.00. The molecule has 29 heavy (non-hydrogen) atoms. The van der Waals surface area contributed by atoms with Gasteiger partial charge < -0.3 is 22.1 Å². The molecule has 0 bridgehead atoms. The van der Waals surface area contributed by atoms with Crippen LogP contribution in [-0.2, 0) is 6.16 Å². The molecule has 0 saturated heterocycles. The first-order chi connectivity index (χ1) is 13.7. The molecule has 4 aromatic carbocycles. The fourth-order valence-electron chi connectivity index (χ4n) is 3.70. The first-order valence-corrected chi connectivity index (χ1v) is 12.0. The summed E-state index contributed by atoms with van der Waals surface area (Å²) >= 11 is 3.57. The summed E-state index contributed by atoms with van der Waals surface area (Å²) in [5, 5.41) is 14.6. The maximum absolute atomic E-state index is 10.6. The van der Waals surface area contributed by atoms with Crippen LogP contribution in [0.5, 0.6) is 5.75 Å². The monoisotopic (exact) mass is 526 g/mol. The van der Waals surface area contributed by atoms with Crippen molar-refractivity contribution in [1.82, 2.24) is 0 Å². The van der Waals surface area contributed by atoms with Crippen LogP contribution in [0.2, 0.25) is 0 Å². The van der Waals surface area contributed by atoms with Crippen molar-refractivity contribution in [2.45, 2.75) is 6.16 Å². The summed E-state index contributed by atoms with van der Waals surface area (Å²) in [6.07, 6.45) is 0.760. The molecule has 0 saturated carbocycles. The Hall–Kier alpha value is -1.93. The van der Waals surface area contributed by atoms with Gasteiger partial charge in [0.25, 0.3) is 0 Å². The number of hydrogen-bond donors (Lipinski definition) is 1. The summed E-state index contributed by atoms with van der Waals surface area (Å²) in [4.78, 5) is 0. The Morgan fingerprint density at radius 1 is 0.621 bits per heavy atom. The largest absolute Gasteiger partial charge is 1.00 e. The van der Waals surface area contributed by atoms with E-state index in [1.165, 1.54) is 15.9 Å². The number of phenolic OH excluding ortho intramolecular Hbond substituents is 1. The van der Waals surface area contributed by atoms with Gasteiger partial charge >= 0.3 is 0 Å². The van der Waals surface area contributed by atoms with Gasteiger partial charge in [-0.2, -0.15) is 0 Å². The smallest absolute Gasteiger partial charge is 0.122 e. The zero-order chi connectivity index (χ0) is 19.4. The van der Waals surface area contributed by atoms with E-state index >= 15 is 0 Å². The molecule has 0 atom stereocenters. The minimum Gasteiger partial charge on any atom is -1.00 e. The fraction of sp³-hybridized carbons (Fsp3) is 0.0400. The molecular formula is C25H21Br2OP. The maximum Gasteiger partial charge on any atom is 0.122 e. The number of hydrogen-bond acceptors (Lipinski definition) is 1. The molecule has 0 heterocycles. The van der Waals surface area contributed by atoms with Crippen LogP contribution in [0, 0.1) is 0 Å². The van der Waals surface area contributed by atoms with Gasteiger partial charge in [0, 0.05) is 10.0 Å².